The first-order valence-electron chi connectivity index (χ1n) is 6.45. The summed E-state index contributed by atoms with van der Waals surface area (Å²) in [4.78, 5) is 22.4. The number of allylic oxidation sites excluding steroid dienone is 1. The standard InChI is InChI=1S/C14H17NO4/c16-13(12-8-11(9-19-12)14(17)18)15-7-6-10-4-2-1-3-5-10/h4,8-9H,1-3,5-7H2,(H,15,16)(H,17,18). The van der Waals surface area contributed by atoms with Crippen molar-refractivity contribution in [3.8, 4) is 0 Å². The van der Waals surface area contributed by atoms with Crippen molar-refractivity contribution < 1.29 is 19.1 Å². The fraction of sp³-hybridized carbons (Fsp3) is 0.429. The molecule has 1 aliphatic carbocycles. The van der Waals surface area contributed by atoms with Crippen molar-refractivity contribution in [3.05, 3.63) is 35.3 Å². The van der Waals surface area contributed by atoms with Gasteiger partial charge in [-0.2, -0.15) is 0 Å². The fourth-order valence-corrected chi connectivity index (χ4v) is 2.12. The van der Waals surface area contributed by atoms with Gasteiger partial charge in [0.15, 0.2) is 5.76 Å². The zero-order chi connectivity index (χ0) is 13.7. The van der Waals surface area contributed by atoms with Gasteiger partial charge in [0.25, 0.3) is 5.91 Å². The average Bonchev–Trinajstić information content (AvgIpc) is 2.89. The molecule has 5 nitrogen and oxygen atoms in total. The molecule has 1 aromatic rings. The lowest BCUT2D eigenvalue weighted by Gasteiger charge is -2.12. The SMILES string of the molecule is O=C(O)c1coc(C(=O)NCCC2=CCCCC2)c1. The molecule has 0 atom stereocenters. The van der Waals surface area contributed by atoms with E-state index in [-0.39, 0.29) is 17.2 Å². The molecular formula is C14H17NO4. The van der Waals surface area contributed by atoms with Gasteiger partial charge in [0.1, 0.15) is 6.26 Å². The van der Waals surface area contributed by atoms with E-state index in [2.05, 4.69) is 11.4 Å². The predicted octanol–water partition coefficient (Wildman–Crippen LogP) is 2.60. The Labute approximate surface area is 111 Å². The summed E-state index contributed by atoms with van der Waals surface area (Å²) in [5.41, 5.74) is 1.37. The molecule has 0 saturated heterocycles. The molecule has 2 N–H and O–H groups in total. The van der Waals surface area contributed by atoms with Crippen LogP contribution in [-0.2, 0) is 0 Å². The predicted molar refractivity (Wildman–Crippen MR) is 69.2 cm³/mol. The molecule has 0 aromatic carbocycles. The molecule has 0 aliphatic heterocycles. The summed E-state index contributed by atoms with van der Waals surface area (Å²) >= 11 is 0. The smallest absolute Gasteiger partial charge is 0.338 e. The van der Waals surface area contributed by atoms with Crippen LogP contribution in [0.3, 0.4) is 0 Å². The Morgan fingerprint density at radius 1 is 1.37 bits per heavy atom. The van der Waals surface area contributed by atoms with Crippen LogP contribution < -0.4 is 5.32 Å². The number of carbonyl (C=O) groups excluding carboxylic acids is 1. The summed E-state index contributed by atoms with van der Waals surface area (Å²) in [7, 11) is 0. The molecule has 1 heterocycles. The molecule has 0 unspecified atom stereocenters. The summed E-state index contributed by atoms with van der Waals surface area (Å²) in [6, 6.07) is 1.23. The van der Waals surface area contributed by atoms with Gasteiger partial charge in [0.05, 0.1) is 5.56 Å². The molecule has 0 bridgehead atoms. The highest BCUT2D eigenvalue weighted by molar-refractivity contribution is 5.95. The van der Waals surface area contributed by atoms with Gasteiger partial charge in [-0.25, -0.2) is 4.79 Å². The zero-order valence-corrected chi connectivity index (χ0v) is 10.6. The maximum Gasteiger partial charge on any atom is 0.338 e. The molecule has 1 aromatic heterocycles. The molecule has 0 fully saturated rings. The van der Waals surface area contributed by atoms with E-state index in [4.69, 9.17) is 9.52 Å². The van der Waals surface area contributed by atoms with Crippen LogP contribution in [0.4, 0.5) is 0 Å². The molecular weight excluding hydrogens is 246 g/mol. The van der Waals surface area contributed by atoms with E-state index in [0.717, 1.165) is 25.5 Å². The van der Waals surface area contributed by atoms with Crippen molar-refractivity contribution >= 4 is 11.9 Å². The first-order chi connectivity index (χ1) is 9.16. The number of rotatable bonds is 5. The zero-order valence-electron chi connectivity index (χ0n) is 10.6. The van der Waals surface area contributed by atoms with E-state index < -0.39 is 5.97 Å². The van der Waals surface area contributed by atoms with Crippen LogP contribution in [0.2, 0.25) is 0 Å². The molecule has 2 rings (SSSR count). The lowest BCUT2D eigenvalue weighted by molar-refractivity contribution is 0.0696. The normalized spacial score (nSPS) is 14.8. The van der Waals surface area contributed by atoms with Gasteiger partial charge in [0.2, 0.25) is 0 Å². The molecule has 0 radical (unpaired) electrons. The van der Waals surface area contributed by atoms with Crippen molar-refractivity contribution in [1.29, 1.82) is 0 Å². The van der Waals surface area contributed by atoms with Gasteiger partial charge in [0, 0.05) is 12.6 Å². The lowest BCUT2D eigenvalue weighted by Crippen LogP contribution is -2.24. The Morgan fingerprint density at radius 2 is 2.21 bits per heavy atom. The van der Waals surface area contributed by atoms with Crippen molar-refractivity contribution in [2.24, 2.45) is 0 Å². The summed E-state index contributed by atoms with van der Waals surface area (Å²) < 4.78 is 4.92. The molecule has 0 saturated carbocycles. The number of carboxylic acid groups (broad SMARTS) is 1. The number of carboxylic acids is 1. The maximum absolute atomic E-state index is 11.7. The third-order valence-corrected chi connectivity index (χ3v) is 3.19. The molecule has 1 aliphatic rings. The van der Waals surface area contributed by atoms with E-state index in [9.17, 15) is 9.59 Å². The molecule has 0 spiro atoms. The Kier molecular flexibility index (Phi) is 4.39. The third-order valence-electron chi connectivity index (χ3n) is 3.19. The second-order valence-electron chi connectivity index (χ2n) is 4.62. The van der Waals surface area contributed by atoms with E-state index in [1.54, 1.807) is 0 Å². The monoisotopic (exact) mass is 263 g/mol. The average molecular weight is 263 g/mol. The highest BCUT2D eigenvalue weighted by Crippen LogP contribution is 2.19. The minimum Gasteiger partial charge on any atom is -0.478 e. The van der Waals surface area contributed by atoms with Crippen LogP contribution >= 0.6 is 0 Å². The van der Waals surface area contributed by atoms with Gasteiger partial charge in [-0.05, 0) is 32.1 Å². The first kappa shape index (κ1) is 13.4. The minimum absolute atomic E-state index is 0.0138. The van der Waals surface area contributed by atoms with E-state index >= 15 is 0 Å². The van der Waals surface area contributed by atoms with Crippen molar-refractivity contribution in [2.45, 2.75) is 32.1 Å². The number of hydrogen-bond donors (Lipinski definition) is 2. The van der Waals surface area contributed by atoms with Crippen LogP contribution in [0.5, 0.6) is 0 Å². The van der Waals surface area contributed by atoms with Gasteiger partial charge in [-0.3, -0.25) is 4.79 Å². The molecule has 19 heavy (non-hydrogen) atoms. The number of hydrogen-bond acceptors (Lipinski definition) is 3. The summed E-state index contributed by atoms with van der Waals surface area (Å²) in [6.45, 7) is 0.549. The summed E-state index contributed by atoms with van der Waals surface area (Å²) in [5, 5.41) is 11.5. The summed E-state index contributed by atoms with van der Waals surface area (Å²) in [5.74, 6) is -1.44. The summed E-state index contributed by atoms with van der Waals surface area (Å²) in [6.07, 6.45) is 8.87. The quantitative estimate of drug-likeness (QED) is 0.800. The largest absolute Gasteiger partial charge is 0.478 e. The maximum atomic E-state index is 11.7. The second-order valence-corrected chi connectivity index (χ2v) is 4.62. The Bertz CT molecular complexity index is 501. The van der Waals surface area contributed by atoms with Crippen LogP contribution in [0.15, 0.2) is 28.4 Å². The van der Waals surface area contributed by atoms with E-state index in [0.29, 0.717) is 6.54 Å². The van der Waals surface area contributed by atoms with Crippen LogP contribution in [-0.4, -0.2) is 23.5 Å². The number of furan rings is 1. The Morgan fingerprint density at radius 3 is 2.84 bits per heavy atom. The van der Waals surface area contributed by atoms with E-state index in [1.807, 2.05) is 0 Å². The molecule has 5 heteroatoms. The van der Waals surface area contributed by atoms with Crippen LogP contribution in [0, 0.1) is 0 Å². The van der Waals surface area contributed by atoms with Gasteiger partial charge in [-0.15, -0.1) is 0 Å². The van der Waals surface area contributed by atoms with Gasteiger partial charge >= 0.3 is 5.97 Å². The number of aromatic carboxylic acids is 1. The van der Waals surface area contributed by atoms with Crippen molar-refractivity contribution in [2.75, 3.05) is 6.54 Å². The highest BCUT2D eigenvalue weighted by atomic mass is 16.4. The molecule has 1 amide bonds. The first-order valence-corrected chi connectivity index (χ1v) is 6.45. The topological polar surface area (TPSA) is 79.5 Å². The van der Waals surface area contributed by atoms with Crippen molar-refractivity contribution in [1.82, 2.24) is 5.32 Å². The fourth-order valence-electron chi connectivity index (χ4n) is 2.12. The van der Waals surface area contributed by atoms with Crippen LogP contribution in [0.1, 0.15) is 53.0 Å². The lowest BCUT2D eigenvalue weighted by atomic mass is 9.97. The number of amides is 1. The minimum atomic E-state index is -1.10. The number of carbonyl (C=O) groups is 2. The third kappa shape index (κ3) is 3.71. The number of nitrogens with one attached hydrogen (secondary N) is 1. The Balaban J connectivity index is 1.80. The van der Waals surface area contributed by atoms with Gasteiger partial charge in [-0.1, -0.05) is 11.6 Å². The molecule has 102 valence electrons. The second kappa shape index (κ2) is 6.22. The van der Waals surface area contributed by atoms with Crippen LogP contribution in [0.25, 0.3) is 0 Å². The Hall–Kier alpha value is -2.04. The van der Waals surface area contributed by atoms with E-state index in [1.165, 1.54) is 24.5 Å². The van der Waals surface area contributed by atoms with Gasteiger partial charge < -0.3 is 14.8 Å². The van der Waals surface area contributed by atoms with Crippen molar-refractivity contribution in [3.63, 3.8) is 0 Å². The highest BCUT2D eigenvalue weighted by Gasteiger charge is 2.14.